The van der Waals surface area contributed by atoms with Crippen LogP contribution in [-0.4, -0.2) is 18.0 Å². The van der Waals surface area contributed by atoms with Crippen LogP contribution in [0.15, 0.2) is 77.9 Å². The molecule has 0 spiro atoms. The Morgan fingerprint density at radius 1 is 1.00 bits per heavy atom. The van der Waals surface area contributed by atoms with Crippen molar-refractivity contribution < 1.29 is 14.3 Å². The summed E-state index contributed by atoms with van der Waals surface area (Å²) in [4.78, 5) is 24.0. The fourth-order valence-electron chi connectivity index (χ4n) is 2.73. The number of carbonyl (C=O) groups excluding carboxylic acids is 2. The van der Waals surface area contributed by atoms with Crippen molar-refractivity contribution in [2.24, 2.45) is 5.10 Å². The molecule has 0 aliphatic rings. The molecule has 0 saturated heterocycles. The van der Waals surface area contributed by atoms with Crippen molar-refractivity contribution in [1.82, 2.24) is 5.43 Å². The van der Waals surface area contributed by atoms with Crippen molar-refractivity contribution in [3.05, 3.63) is 94.5 Å². The highest BCUT2D eigenvalue weighted by Crippen LogP contribution is 2.19. The van der Waals surface area contributed by atoms with Crippen molar-refractivity contribution in [3.63, 3.8) is 0 Å². The van der Waals surface area contributed by atoms with E-state index in [2.05, 4.69) is 21.9 Å². The Labute approximate surface area is 190 Å². The third-order valence-electron chi connectivity index (χ3n) is 4.28. The molecule has 32 heavy (non-hydrogen) atoms. The van der Waals surface area contributed by atoms with Crippen LogP contribution in [-0.2, 0) is 16.2 Å². The maximum Gasteiger partial charge on any atom is 0.249 e. The molecule has 0 heterocycles. The lowest BCUT2D eigenvalue weighted by molar-refractivity contribution is -0.126. The second-order valence-corrected chi connectivity index (χ2v) is 7.06. The molecular weight excluding hydrogens is 428 g/mol. The van der Waals surface area contributed by atoms with E-state index in [0.29, 0.717) is 27.6 Å². The van der Waals surface area contributed by atoms with E-state index in [1.807, 2.05) is 18.2 Å². The first kappa shape index (κ1) is 22.5. The van der Waals surface area contributed by atoms with Gasteiger partial charge in [-0.1, -0.05) is 41.9 Å². The molecule has 160 valence electrons. The number of hydrazone groups is 1. The van der Waals surface area contributed by atoms with Gasteiger partial charge in [0.05, 0.1) is 17.8 Å². The fourth-order valence-corrected chi connectivity index (χ4v) is 2.85. The van der Waals surface area contributed by atoms with Crippen LogP contribution in [0.4, 0.5) is 5.69 Å². The van der Waals surface area contributed by atoms with E-state index in [1.165, 1.54) is 6.21 Å². The molecule has 2 N–H and O–H groups in total. The van der Waals surface area contributed by atoms with E-state index in [1.54, 1.807) is 54.6 Å². The molecule has 2 amide bonds. The summed E-state index contributed by atoms with van der Waals surface area (Å²) < 4.78 is 5.83. The number of nitrogens with zero attached hydrogens (tertiary/aromatic N) is 2. The monoisotopic (exact) mass is 446 g/mol. The van der Waals surface area contributed by atoms with E-state index in [4.69, 9.17) is 16.3 Å². The van der Waals surface area contributed by atoms with Gasteiger partial charge in [0.25, 0.3) is 0 Å². The van der Waals surface area contributed by atoms with Gasteiger partial charge in [-0.25, -0.2) is 5.43 Å². The normalized spacial score (nSPS) is 10.4. The molecule has 0 aliphatic heterocycles. The van der Waals surface area contributed by atoms with Gasteiger partial charge in [-0.05, 0) is 42.5 Å². The molecule has 0 atom stereocenters. The van der Waals surface area contributed by atoms with Gasteiger partial charge in [-0.3, -0.25) is 9.59 Å². The molecule has 3 aromatic rings. The van der Waals surface area contributed by atoms with Gasteiger partial charge in [0.2, 0.25) is 11.8 Å². The van der Waals surface area contributed by atoms with Crippen molar-refractivity contribution in [2.45, 2.75) is 13.0 Å². The second-order valence-electron chi connectivity index (χ2n) is 6.62. The summed E-state index contributed by atoms with van der Waals surface area (Å²) in [7, 11) is 0. The second kappa shape index (κ2) is 11.3. The number of rotatable bonds is 8. The molecule has 0 saturated carbocycles. The Hall–Kier alpha value is -4.15. The minimum absolute atomic E-state index is 0.214. The number of ether oxygens (including phenoxy) is 1. The first-order valence-electron chi connectivity index (χ1n) is 9.62. The van der Waals surface area contributed by atoms with Crippen LogP contribution in [0.2, 0.25) is 5.02 Å². The first-order valence-corrected chi connectivity index (χ1v) is 10.00. The summed E-state index contributed by atoms with van der Waals surface area (Å²) >= 11 is 5.80. The number of carbonyl (C=O) groups is 2. The van der Waals surface area contributed by atoms with Crippen LogP contribution < -0.4 is 15.5 Å². The summed E-state index contributed by atoms with van der Waals surface area (Å²) in [6, 6.07) is 23.0. The third kappa shape index (κ3) is 6.69. The molecule has 7 nitrogen and oxygen atoms in total. The largest absolute Gasteiger partial charge is 0.488 e. The van der Waals surface area contributed by atoms with Crippen molar-refractivity contribution in [2.75, 3.05) is 5.32 Å². The smallest absolute Gasteiger partial charge is 0.249 e. The topological polar surface area (TPSA) is 104 Å². The highest BCUT2D eigenvalue weighted by Gasteiger charge is 2.09. The minimum Gasteiger partial charge on any atom is -0.488 e. The van der Waals surface area contributed by atoms with Gasteiger partial charge in [0.1, 0.15) is 18.8 Å². The molecule has 0 aliphatic carbocycles. The predicted octanol–water partition coefficient (Wildman–Crippen LogP) is 4.27. The van der Waals surface area contributed by atoms with Crippen molar-refractivity contribution in [1.29, 1.82) is 5.26 Å². The van der Waals surface area contributed by atoms with Crippen molar-refractivity contribution >= 4 is 35.3 Å². The maximum absolute atomic E-state index is 12.0. The van der Waals surface area contributed by atoms with Gasteiger partial charge >= 0.3 is 0 Å². The van der Waals surface area contributed by atoms with E-state index in [9.17, 15) is 14.9 Å². The predicted molar refractivity (Wildman–Crippen MR) is 122 cm³/mol. The number of amides is 2. The van der Waals surface area contributed by atoms with Gasteiger partial charge in [-0.15, -0.1) is 0 Å². The lowest BCUT2D eigenvalue weighted by Gasteiger charge is -2.10. The quantitative estimate of drug-likeness (QED) is 0.306. The molecule has 0 radical (unpaired) electrons. The van der Waals surface area contributed by atoms with E-state index in [0.717, 1.165) is 5.56 Å². The summed E-state index contributed by atoms with van der Waals surface area (Å²) in [5, 5.41) is 16.3. The summed E-state index contributed by atoms with van der Waals surface area (Å²) in [6.07, 6.45) is 1.05. The highest BCUT2D eigenvalue weighted by molar-refractivity contribution is 6.30. The van der Waals surface area contributed by atoms with Crippen LogP contribution in [0.3, 0.4) is 0 Å². The molecule has 3 aromatic carbocycles. The van der Waals surface area contributed by atoms with Crippen LogP contribution in [0, 0.1) is 11.3 Å². The van der Waals surface area contributed by atoms with Gasteiger partial charge in [0, 0.05) is 21.8 Å². The lowest BCUT2D eigenvalue weighted by Crippen LogP contribution is -2.24. The molecule has 0 unspecified atom stereocenters. The van der Waals surface area contributed by atoms with Gasteiger partial charge < -0.3 is 10.1 Å². The summed E-state index contributed by atoms with van der Waals surface area (Å²) in [5.41, 5.74) is 4.81. The number of nitrogens with one attached hydrogen (secondary N) is 2. The van der Waals surface area contributed by atoms with Gasteiger partial charge in [0.15, 0.2) is 0 Å². The molecular formula is C24H19ClN4O3. The molecule has 3 rings (SSSR count). The number of nitriles is 1. The third-order valence-corrected chi connectivity index (χ3v) is 4.53. The Morgan fingerprint density at radius 3 is 2.50 bits per heavy atom. The number of para-hydroxylation sites is 1. The maximum atomic E-state index is 12.0. The van der Waals surface area contributed by atoms with Crippen LogP contribution in [0.1, 0.15) is 23.1 Å². The number of hydrogen-bond donors (Lipinski definition) is 2. The zero-order valence-corrected chi connectivity index (χ0v) is 17.7. The standard InChI is InChI=1S/C24H19ClN4O3/c25-20-9-11-21(12-10-20)28-23(30)13-24(31)29-27-15-18-6-3-4-8-22(18)32-16-19-7-2-1-5-17(19)14-26/h1-12,15H,13,16H2,(H,28,30)(H,29,31). The Bertz CT molecular complexity index is 1170. The zero-order valence-electron chi connectivity index (χ0n) is 16.9. The summed E-state index contributed by atoms with van der Waals surface area (Å²) in [5.74, 6) is -0.493. The zero-order chi connectivity index (χ0) is 22.8. The molecule has 0 fully saturated rings. The lowest BCUT2D eigenvalue weighted by atomic mass is 10.1. The molecule has 0 aromatic heterocycles. The van der Waals surface area contributed by atoms with Crippen LogP contribution in [0.25, 0.3) is 0 Å². The van der Waals surface area contributed by atoms with E-state index in [-0.39, 0.29) is 13.0 Å². The van der Waals surface area contributed by atoms with Crippen LogP contribution in [0.5, 0.6) is 5.75 Å². The highest BCUT2D eigenvalue weighted by atomic mass is 35.5. The minimum atomic E-state index is -0.561. The number of halogens is 1. The summed E-state index contributed by atoms with van der Waals surface area (Å²) in [6.45, 7) is 0.214. The number of hydrogen-bond acceptors (Lipinski definition) is 5. The van der Waals surface area contributed by atoms with Crippen LogP contribution >= 0.6 is 11.6 Å². The van der Waals surface area contributed by atoms with E-state index >= 15 is 0 Å². The average molecular weight is 447 g/mol. The SMILES string of the molecule is N#Cc1ccccc1COc1ccccc1C=NNC(=O)CC(=O)Nc1ccc(Cl)cc1. The number of benzene rings is 3. The first-order chi connectivity index (χ1) is 15.5. The Morgan fingerprint density at radius 2 is 1.72 bits per heavy atom. The average Bonchev–Trinajstić information content (AvgIpc) is 2.80. The Kier molecular flexibility index (Phi) is 7.96. The van der Waals surface area contributed by atoms with Gasteiger partial charge in [-0.2, -0.15) is 10.4 Å². The molecule has 8 heteroatoms. The molecule has 0 bridgehead atoms. The van der Waals surface area contributed by atoms with E-state index < -0.39 is 11.8 Å². The fraction of sp³-hybridized carbons (Fsp3) is 0.0833. The van der Waals surface area contributed by atoms with Crippen molar-refractivity contribution in [3.8, 4) is 11.8 Å². The Balaban J connectivity index is 1.54. The number of anilines is 1.